The Balaban J connectivity index is 2.98. The van der Waals surface area contributed by atoms with Gasteiger partial charge < -0.3 is 0 Å². The molecule has 0 heterocycles. The molecule has 0 unspecified atom stereocenters. The van der Waals surface area contributed by atoms with Gasteiger partial charge in [-0.25, -0.2) is 13.1 Å². The number of hydrogen-bond acceptors (Lipinski definition) is 2. The van der Waals surface area contributed by atoms with Gasteiger partial charge >= 0.3 is 0 Å². The Morgan fingerprint density at radius 3 is 2.81 bits per heavy atom. The first kappa shape index (κ1) is 13.2. The molecule has 1 aromatic carbocycles. The summed E-state index contributed by atoms with van der Waals surface area (Å²) in [5.74, 6) is 0. The van der Waals surface area contributed by atoms with Crippen molar-refractivity contribution in [3.8, 4) is 0 Å². The zero-order valence-corrected chi connectivity index (χ0v) is 10.6. The van der Waals surface area contributed by atoms with Crippen LogP contribution in [0.1, 0.15) is 12.0 Å². The average Bonchev–Trinajstić information content (AvgIpc) is 2.22. The lowest BCUT2D eigenvalue weighted by atomic mass is 10.2. The van der Waals surface area contributed by atoms with Gasteiger partial charge in [-0.2, -0.15) is 0 Å². The summed E-state index contributed by atoms with van der Waals surface area (Å²) in [6.07, 6.45) is 2.26. The minimum absolute atomic E-state index is 0.226. The molecule has 16 heavy (non-hydrogen) atoms. The Morgan fingerprint density at radius 1 is 1.50 bits per heavy atom. The minimum Gasteiger partial charge on any atom is -0.211 e. The molecule has 1 aromatic rings. The molecule has 1 N–H and O–H groups in total. The quantitative estimate of drug-likeness (QED) is 0.652. The molecular weight excluding hydrogens is 246 g/mol. The Bertz CT molecular complexity index is 483. The van der Waals surface area contributed by atoms with Gasteiger partial charge in [0.05, 0.1) is 4.90 Å². The molecule has 0 spiro atoms. The number of halogens is 1. The molecule has 3 nitrogen and oxygen atoms in total. The number of nitrogens with one attached hydrogen (secondary N) is 1. The van der Waals surface area contributed by atoms with Crippen molar-refractivity contribution in [2.45, 2.75) is 18.2 Å². The second-order valence-electron chi connectivity index (χ2n) is 3.34. The van der Waals surface area contributed by atoms with E-state index in [0.29, 0.717) is 23.6 Å². The number of benzene rings is 1. The number of sulfonamides is 1. The average molecular weight is 260 g/mol. The summed E-state index contributed by atoms with van der Waals surface area (Å²) in [5.41, 5.74) is 0.565. The predicted molar refractivity (Wildman–Crippen MR) is 66.2 cm³/mol. The summed E-state index contributed by atoms with van der Waals surface area (Å²) in [6, 6.07) is 4.83. The lowest BCUT2D eigenvalue weighted by Gasteiger charge is -2.09. The topological polar surface area (TPSA) is 46.2 Å². The maximum Gasteiger partial charge on any atom is 0.240 e. The van der Waals surface area contributed by atoms with Gasteiger partial charge in [0.2, 0.25) is 10.0 Å². The summed E-state index contributed by atoms with van der Waals surface area (Å²) in [7, 11) is -3.47. The highest BCUT2D eigenvalue weighted by atomic mass is 35.5. The van der Waals surface area contributed by atoms with Crippen molar-refractivity contribution in [1.82, 2.24) is 4.72 Å². The third kappa shape index (κ3) is 3.07. The van der Waals surface area contributed by atoms with Gasteiger partial charge in [-0.1, -0.05) is 23.7 Å². The molecule has 0 aromatic heterocycles. The maximum atomic E-state index is 11.9. The molecule has 5 heteroatoms. The van der Waals surface area contributed by atoms with E-state index >= 15 is 0 Å². The highest BCUT2D eigenvalue weighted by Crippen LogP contribution is 2.22. The van der Waals surface area contributed by atoms with Crippen LogP contribution in [-0.2, 0) is 10.0 Å². The molecule has 0 amide bonds. The van der Waals surface area contributed by atoms with Gasteiger partial charge in [0.15, 0.2) is 0 Å². The molecule has 0 saturated carbocycles. The molecule has 0 radical (unpaired) electrons. The minimum atomic E-state index is -3.47. The zero-order valence-electron chi connectivity index (χ0n) is 9.03. The molecule has 0 atom stereocenters. The highest BCUT2D eigenvalue weighted by Gasteiger charge is 2.16. The second-order valence-corrected chi connectivity index (χ2v) is 5.48. The molecular formula is C11H14ClNO2S. The predicted octanol–water partition coefficient (Wildman–Crippen LogP) is 2.50. The van der Waals surface area contributed by atoms with E-state index in [1.165, 1.54) is 6.07 Å². The van der Waals surface area contributed by atoms with Crippen LogP contribution in [0.2, 0.25) is 5.02 Å². The molecule has 1 rings (SSSR count). The Labute approximate surface area is 101 Å². The van der Waals surface area contributed by atoms with Gasteiger partial charge in [-0.15, -0.1) is 6.58 Å². The molecule has 0 aliphatic rings. The van der Waals surface area contributed by atoms with E-state index in [4.69, 9.17) is 11.6 Å². The van der Waals surface area contributed by atoms with E-state index in [-0.39, 0.29) is 4.90 Å². The van der Waals surface area contributed by atoms with Crippen LogP contribution in [-0.4, -0.2) is 15.0 Å². The van der Waals surface area contributed by atoms with Gasteiger partial charge in [0.25, 0.3) is 0 Å². The van der Waals surface area contributed by atoms with E-state index in [1.807, 2.05) is 0 Å². The summed E-state index contributed by atoms with van der Waals surface area (Å²) in [4.78, 5) is 0.226. The van der Waals surface area contributed by atoms with Gasteiger partial charge in [-0.3, -0.25) is 0 Å². The van der Waals surface area contributed by atoms with Crippen LogP contribution < -0.4 is 4.72 Å². The fourth-order valence-corrected chi connectivity index (χ4v) is 2.80. The lowest BCUT2D eigenvalue weighted by Crippen LogP contribution is -2.25. The van der Waals surface area contributed by atoms with Crippen molar-refractivity contribution in [1.29, 1.82) is 0 Å². The first-order valence-electron chi connectivity index (χ1n) is 4.84. The largest absolute Gasteiger partial charge is 0.240 e. The van der Waals surface area contributed by atoms with Crippen molar-refractivity contribution in [3.63, 3.8) is 0 Å². The van der Waals surface area contributed by atoms with Gasteiger partial charge in [0, 0.05) is 11.6 Å². The molecule has 0 aliphatic heterocycles. The van der Waals surface area contributed by atoms with E-state index in [0.717, 1.165) is 0 Å². The van der Waals surface area contributed by atoms with Crippen molar-refractivity contribution in [2.24, 2.45) is 0 Å². The first-order valence-corrected chi connectivity index (χ1v) is 6.71. The van der Waals surface area contributed by atoms with Crippen molar-refractivity contribution in [2.75, 3.05) is 6.54 Å². The van der Waals surface area contributed by atoms with Crippen LogP contribution in [0, 0.1) is 6.92 Å². The van der Waals surface area contributed by atoms with Crippen molar-refractivity contribution < 1.29 is 8.42 Å². The Hall–Kier alpha value is -0.840. The molecule has 0 fully saturated rings. The van der Waals surface area contributed by atoms with Crippen LogP contribution in [0.3, 0.4) is 0 Å². The first-order chi connectivity index (χ1) is 7.49. The molecule has 0 aliphatic carbocycles. The standard InChI is InChI=1S/C11H14ClNO2S/c1-3-4-8-13-16(14,15)11-7-5-6-10(12)9(11)2/h3,5-7,13H,1,4,8H2,2H3. The summed E-state index contributed by atoms with van der Waals surface area (Å²) < 4.78 is 26.2. The zero-order chi connectivity index (χ0) is 12.2. The summed E-state index contributed by atoms with van der Waals surface area (Å²) in [5, 5.41) is 0.451. The normalized spacial score (nSPS) is 11.4. The monoisotopic (exact) mass is 259 g/mol. The van der Waals surface area contributed by atoms with Crippen LogP contribution in [0.25, 0.3) is 0 Å². The van der Waals surface area contributed by atoms with Crippen LogP contribution in [0.5, 0.6) is 0 Å². The van der Waals surface area contributed by atoms with E-state index in [1.54, 1.807) is 25.1 Å². The van der Waals surface area contributed by atoms with Crippen LogP contribution in [0.15, 0.2) is 35.7 Å². The lowest BCUT2D eigenvalue weighted by molar-refractivity contribution is 0.581. The van der Waals surface area contributed by atoms with E-state index in [9.17, 15) is 8.42 Å². The number of rotatable bonds is 5. The van der Waals surface area contributed by atoms with E-state index < -0.39 is 10.0 Å². The third-order valence-corrected chi connectivity index (χ3v) is 4.16. The van der Waals surface area contributed by atoms with Gasteiger partial charge in [0.1, 0.15) is 0 Å². The molecule has 88 valence electrons. The van der Waals surface area contributed by atoms with Crippen LogP contribution >= 0.6 is 11.6 Å². The SMILES string of the molecule is C=CCCNS(=O)(=O)c1cccc(Cl)c1C. The van der Waals surface area contributed by atoms with Crippen molar-refractivity contribution >= 4 is 21.6 Å². The fraction of sp³-hybridized carbons (Fsp3) is 0.273. The van der Waals surface area contributed by atoms with Gasteiger partial charge in [-0.05, 0) is 31.0 Å². The third-order valence-electron chi connectivity index (χ3n) is 2.15. The van der Waals surface area contributed by atoms with Crippen molar-refractivity contribution in [3.05, 3.63) is 41.4 Å². The molecule has 0 bridgehead atoms. The Kier molecular flexibility index (Phi) is 4.53. The number of hydrogen-bond donors (Lipinski definition) is 1. The maximum absolute atomic E-state index is 11.9. The second kappa shape index (κ2) is 5.48. The smallest absolute Gasteiger partial charge is 0.211 e. The molecule has 0 saturated heterocycles. The van der Waals surface area contributed by atoms with E-state index in [2.05, 4.69) is 11.3 Å². The van der Waals surface area contributed by atoms with Crippen LogP contribution in [0.4, 0.5) is 0 Å². The highest BCUT2D eigenvalue weighted by molar-refractivity contribution is 7.89. The summed E-state index contributed by atoms with van der Waals surface area (Å²) in [6.45, 7) is 5.56. The fourth-order valence-electron chi connectivity index (χ4n) is 1.25. The Morgan fingerprint density at radius 2 is 2.19 bits per heavy atom. The summed E-state index contributed by atoms with van der Waals surface area (Å²) >= 11 is 5.87.